The van der Waals surface area contributed by atoms with Gasteiger partial charge in [0.1, 0.15) is 0 Å². The Morgan fingerprint density at radius 2 is 2.17 bits per heavy atom. The summed E-state index contributed by atoms with van der Waals surface area (Å²) in [6.07, 6.45) is 3.12. The van der Waals surface area contributed by atoms with Crippen LogP contribution in [0.3, 0.4) is 0 Å². The Hall–Kier alpha value is -2.30. The fraction of sp³-hybridized carbons (Fsp3) is 0.231. The summed E-state index contributed by atoms with van der Waals surface area (Å²) in [6, 6.07) is 5.20. The van der Waals surface area contributed by atoms with E-state index in [-0.39, 0.29) is 12.4 Å². The highest BCUT2D eigenvalue weighted by Crippen LogP contribution is 2.20. The van der Waals surface area contributed by atoms with Crippen LogP contribution in [0.1, 0.15) is 17.5 Å². The summed E-state index contributed by atoms with van der Waals surface area (Å²) < 4.78 is 4.56. The first-order valence-corrected chi connectivity index (χ1v) is 5.39. The molecule has 0 spiro atoms. The lowest BCUT2D eigenvalue weighted by Gasteiger charge is -2.08. The van der Waals surface area contributed by atoms with E-state index >= 15 is 0 Å². The fourth-order valence-electron chi connectivity index (χ4n) is 1.56. The van der Waals surface area contributed by atoms with E-state index in [1.807, 2.05) is 0 Å². The van der Waals surface area contributed by atoms with Crippen LogP contribution in [-0.2, 0) is 20.7 Å². The number of anilines is 1. The second-order valence-electron chi connectivity index (χ2n) is 3.66. The Bertz CT molecular complexity index is 480. The lowest BCUT2D eigenvalue weighted by Crippen LogP contribution is -2.05. The minimum atomic E-state index is -1.03. The van der Waals surface area contributed by atoms with Crippen molar-refractivity contribution in [3.05, 3.63) is 35.4 Å². The molecule has 5 nitrogen and oxygen atoms in total. The molecule has 0 saturated heterocycles. The molecule has 0 bridgehead atoms. The summed E-state index contributed by atoms with van der Waals surface area (Å²) in [7, 11) is 1.32. The fourth-order valence-corrected chi connectivity index (χ4v) is 1.56. The highest BCUT2D eigenvalue weighted by Gasteiger charge is 2.08. The van der Waals surface area contributed by atoms with Gasteiger partial charge in [0.15, 0.2) is 0 Å². The van der Waals surface area contributed by atoms with E-state index in [9.17, 15) is 9.59 Å². The van der Waals surface area contributed by atoms with E-state index < -0.39 is 5.97 Å². The molecule has 0 aliphatic heterocycles. The van der Waals surface area contributed by atoms with Crippen molar-refractivity contribution in [2.75, 3.05) is 12.8 Å². The van der Waals surface area contributed by atoms with Crippen molar-refractivity contribution in [2.24, 2.45) is 0 Å². The zero-order valence-electron chi connectivity index (χ0n) is 10.1. The van der Waals surface area contributed by atoms with Crippen molar-refractivity contribution in [3.63, 3.8) is 0 Å². The summed E-state index contributed by atoms with van der Waals surface area (Å²) in [6.45, 7) is 0. The van der Waals surface area contributed by atoms with Crippen molar-refractivity contribution in [2.45, 2.75) is 12.8 Å². The quantitative estimate of drug-likeness (QED) is 0.468. The van der Waals surface area contributed by atoms with E-state index in [0.29, 0.717) is 17.7 Å². The van der Waals surface area contributed by atoms with Gasteiger partial charge in [-0.25, -0.2) is 4.79 Å². The van der Waals surface area contributed by atoms with E-state index in [2.05, 4.69) is 4.74 Å². The molecule has 0 heterocycles. The Kier molecular flexibility index (Phi) is 4.92. The van der Waals surface area contributed by atoms with Gasteiger partial charge < -0.3 is 15.6 Å². The molecule has 0 aliphatic rings. The largest absolute Gasteiger partial charge is 0.478 e. The van der Waals surface area contributed by atoms with Crippen molar-refractivity contribution in [1.82, 2.24) is 0 Å². The van der Waals surface area contributed by atoms with Crippen molar-refractivity contribution >= 4 is 23.7 Å². The van der Waals surface area contributed by atoms with Crippen LogP contribution in [0.25, 0.3) is 6.08 Å². The summed E-state index contributed by atoms with van der Waals surface area (Å²) in [5, 5.41) is 8.60. The number of esters is 1. The van der Waals surface area contributed by atoms with Crippen molar-refractivity contribution in [3.8, 4) is 0 Å². The smallest absolute Gasteiger partial charge is 0.328 e. The number of carboxylic acids is 1. The molecule has 18 heavy (non-hydrogen) atoms. The minimum Gasteiger partial charge on any atom is -0.478 e. The van der Waals surface area contributed by atoms with Gasteiger partial charge >= 0.3 is 11.9 Å². The summed E-state index contributed by atoms with van der Waals surface area (Å²) in [5.41, 5.74) is 7.80. The number of hydrogen-bond acceptors (Lipinski definition) is 4. The van der Waals surface area contributed by atoms with Gasteiger partial charge in [0.05, 0.1) is 7.11 Å². The van der Waals surface area contributed by atoms with E-state index in [1.54, 1.807) is 18.2 Å². The number of nitrogen functional groups attached to an aromatic ring is 1. The van der Waals surface area contributed by atoms with Gasteiger partial charge in [-0.1, -0.05) is 12.1 Å². The molecule has 0 saturated carbocycles. The number of hydrogen-bond donors (Lipinski definition) is 2. The van der Waals surface area contributed by atoms with E-state index in [0.717, 1.165) is 11.6 Å². The molecule has 0 aliphatic carbocycles. The standard InChI is InChI=1S/C13H15NO4/c1-18-13(17)8-6-10-9(5-7-12(15)16)3-2-4-11(10)14/h2-5,7H,6,8,14H2,1H3,(H,15,16)/b7-5+. The highest BCUT2D eigenvalue weighted by molar-refractivity contribution is 5.86. The van der Waals surface area contributed by atoms with Gasteiger partial charge in [0.2, 0.25) is 0 Å². The number of carboxylic acid groups (broad SMARTS) is 1. The Balaban J connectivity index is 2.93. The Labute approximate surface area is 105 Å². The monoisotopic (exact) mass is 249 g/mol. The van der Waals surface area contributed by atoms with Crippen LogP contribution in [0.15, 0.2) is 24.3 Å². The molecule has 0 aromatic heterocycles. The normalized spacial score (nSPS) is 10.5. The molecule has 0 unspecified atom stereocenters. The molecule has 1 aromatic carbocycles. The first-order valence-electron chi connectivity index (χ1n) is 5.39. The number of nitrogens with two attached hydrogens (primary N) is 1. The van der Waals surface area contributed by atoms with Crippen molar-refractivity contribution < 1.29 is 19.4 Å². The van der Waals surface area contributed by atoms with Crippen LogP contribution >= 0.6 is 0 Å². The molecule has 96 valence electrons. The van der Waals surface area contributed by atoms with Crippen LogP contribution in [0, 0.1) is 0 Å². The number of benzene rings is 1. The highest BCUT2D eigenvalue weighted by atomic mass is 16.5. The molecule has 0 fully saturated rings. The number of aliphatic carboxylic acids is 1. The molecule has 1 aromatic rings. The third-order valence-corrected chi connectivity index (χ3v) is 2.46. The summed E-state index contributed by atoms with van der Waals surface area (Å²) in [5.74, 6) is -1.36. The molecule has 0 radical (unpaired) electrons. The van der Waals surface area contributed by atoms with Gasteiger partial charge in [-0.3, -0.25) is 4.79 Å². The van der Waals surface area contributed by atoms with Crippen LogP contribution in [-0.4, -0.2) is 24.2 Å². The topological polar surface area (TPSA) is 89.6 Å². The zero-order valence-corrected chi connectivity index (χ0v) is 10.1. The molecule has 0 atom stereocenters. The number of carbonyl (C=O) groups excluding carboxylic acids is 1. The van der Waals surface area contributed by atoms with Gasteiger partial charge in [-0.15, -0.1) is 0 Å². The minimum absolute atomic E-state index is 0.207. The maximum atomic E-state index is 11.1. The summed E-state index contributed by atoms with van der Waals surface area (Å²) >= 11 is 0. The van der Waals surface area contributed by atoms with Gasteiger partial charge in [0, 0.05) is 18.2 Å². The van der Waals surface area contributed by atoms with Gasteiger partial charge in [-0.05, 0) is 29.7 Å². The predicted molar refractivity (Wildman–Crippen MR) is 67.9 cm³/mol. The molecule has 3 N–H and O–H groups in total. The third kappa shape index (κ3) is 3.93. The Morgan fingerprint density at radius 3 is 2.78 bits per heavy atom. The average Bonchev–Trinajstić information content (AvgIpc) is 2.34. The molecule has 1 rings (SSSR count). The second kappa shape index (κ2) is 6.44. The van der Waals surface area contributed by atoms with Crippen molar-refractivity contribution in [1.29, 1.82) is 0 Å². The lowest BCUT2D eigenvalue weighted by molar-refractivity contribution is -0.140. The predicted octanol–water partition coefficient (Wildman–Crippen LogP) is 1.47. The number of methoxy groups -OCH3 is 1. The molecule has 5 heteroatoms. The first kappa shape index (κ1) is 13.8. The molecular weight excluding hydrogens is 234 g/mol. The van der Waals surface area contributed by atoms with Crippen LogP contribution < -0.4 is 5.73 Å². The number of carbonyl (C=O) groups is 2. The maximum Gasteiger partial charge on any atom is 0.328 e. The molecular formula is C13H15NO4. The van der Waals surface area contributed by atoms with Crippen LogP contribution in [0.4, 0.5) is 5.69 Å². The van der Waals surface area contributed by atoms with Gasteiger partial charge in [0.25, 0.3) is 0 Å². The average molecular weight is 249 g/mol. The van der Waals surface area contributed by atoms with Crippen LogP contribution in [0.2, 0.25) is 0 Å². The SMILES string of the molecule is COC(=O)CCc1c(N)cccc1/C=C/C(=O)O. The summed E-state index contributed by atoms with van der Waals surface area (Å²) in [4.78, 5) is 21.6. The molecule has 0 amide bonds. The lowest BCUT2D eigenvalue weighted by atomic mass is 10.0. The van der Waals surface area contributed by atoms with Gasteiger partial charge in [-0.2, -0.15) is 0 Å². The number of ether oxygens (including phenoxy) is 1. The second-order valence-corrected chi connectivity index (χ2v) is 3.66. The van der Waals surface area contributed by atoms with E-state index in [4.69, 9.17) is 10.8 Å². The van der Waals surface area contributed by atoms with E-state index in [1.165, 1.54) is 13.2 Å². The Morgan fingerprint density at radius 1 is 1.44 bits per heavy atom. The first-order chi connectivity index (χ1) is 8.54. The third-order valence-electron chi connectivity index (χ3n) is 2.46. The van der Waals surface area contributed by atoms with Crippen LogP contribution in [0.5, 0.6) is 0 Å². The zero-order chi connectivity index (χ0) is 13.5. The maximum absolute atomic E-state index is 11.1. The number of rotatable bonds is 5.